The summed E-state index contributed by atoms with van der Waals surface area (Å²) >= 11 is 0. The van der Waals surface area contributed by atoms with Gasteiger partial charge in [-0.1, -0.05) is 12.8 Å². The quantitative estimate of drug-likeness (QED) is 0.853. The minimum Gasteiger partial charge on any atom is -0.339 e. The molecule has 1 aliphatic heterocycles. The van der Waals surface area contributed by atoms with Crippen LogP contribution in [0, 0.1) is 5.92 Å². The lowest BCUT2D eigenvalue weighted by molar-refractivity contribution is -0.139. The number of aromatic nitrogens is 2. The Labute approximate surface area is 156 Å². The Morgan fingerprint density at radius 2 is 1.79 bits per heavy atom. The molecule has 136 valence electrons. The highest BCUT2D eigenvalue weighted by atomic mass is 35.5. The molecule has 0 bridgehead atoms. The van der Waals surface area contributed by atoms with E-state index in [1.165, 1.54) is 0 Å². The fourth-order valence-electron chi connectivity index (χ4n) is 3.57. The van der Waals surface area contributed by atoms with Crippen molar-refractivity contribution in [3.05, 3.63) is 18.5 Å². The number of hydrogen-bond donors (Lipinski definition) is 1. The van der Waals surface area contributed by atoms with Gasteiger partial charge in [0.2, 0.25) is 11.9 Å². The highest BCUT2D eigenvalue weighted by Crippen LogP contribution is 2.33. The van der Waals surface area contributed by atoms with Crippen molar-refractivity contribution < 1.29 is 4.79 Å². The molecule has 2 N–H and O–H groups in total. The van der Waals surface area contributed by atoms with Gasteiger partial charge in [0, 0.05) is 44.1 Å². The van der Waals surface area contributed by atoms with Crippen LogP contribution in [0.2, 0.25) is 0 Å². The maximum atomic E-state index is 12.8. The van der Waals surface area contributed by atoms with E-state index in [4.69, 9.17) is 5.73 Å². The first-order valence-corrected chi connectivity index (χ1v) is 8.17. The lowest BCUT2D eigenvalue weighted by atomic mass is 9.74. The van der Waals surface area contributed by atoms with Gasteiger partial charge in [0.1, 0.15) is 0 Å². The zero-order valence-corrected chi connectivity index (χ0v) is 15.7. The maximum Gasteiger partial charge on any atom is 0.227 e. The summed E-state index contributed by atoms with van der Waals surface area (Å²) in [7, 11) is 0. The summed E-state index contributed by atoms with van der Waals surface area (Å²) in [6.07, 6.45) is 7.62. The van der Waals surface area contributed by atoms with Gasteiger partial charge in [0.05, 0.1) is 5.92 Å². The molecule has 0 spiro atoms. The summed E-state index contributed by atoms with van der Waals surface area (Å²) in [4.78, 5) is 25.5. The highest BCUT2D eigenvalue weighted by Gasteiger charge is 2.40. The van der Waals surface area contributed by atoms with Crippen LogP contribution in [0.25, 0.3) is 0 Å². The first-order chi connectivity index (χ1) is 10.6. The molecule has 2 heterocycles. The van der Waals surface area contributed by atoms with E-state index < -0.39 is 0 Å². The van der Waals surface area contributed by atoms with Gasteiger partial charge < -0.3 is 15.5 Å². The van der Waals surface area contributed by atoms with Crippen molar-refractivity contribution in [2.75, 3.05) is 31.1 Å². The van der Waals surface area contributed by atoms with Crippen molar-refractivity contribution in [2.24, 2.45) is 11.7 Å². The van der Waals surface area contributed by atoms with Crippen molar-refractivity contribution in [3.63, 3.8) is 0 Å². The molecular formula is C16H27Cl2N5O. The summed E-state index contributed by atoms with van der Waals surface area (Å²) in [5.74, 6) is 0.954. The molecule has 1 amide bonds. The summed E-state index contributed by atoms with van der Waals surface area (Å²) in [6, 6.07) is 1.81. The number of halogens is 2. The van der Waals surface area contributed by atoms with E-state index >= 15 is 0 Å². The van der Waals surface area contributed by atoms with Crippen molar-refractivity contribution in [1.82, 2.24) is 14.9 Å². The molecule has 2 atom stereocenters. The first kappa shape index (κ1) is 20.9. The Morgan fingerprint density at radius 1 is 1.17 bits per heavy atom. The van der Waals surface area contributed by atoms with Gasteiger partial charge in [-0.05, 0) is 25.8 Å². The maximum absolute atomic E-state index is 12.8. The second kappa shape index (κ2) is 8.83. The zero-order valence-electron chi connectivity index (χ0n) is 14.1. The number of amides is 1. The Hall–Kier alpha value is -1.11. The number of hydrogen-bond acceptors (Lipinski definition) is 5. The van der Waals surface area contributed by atoms with Gasteiger partial charge in [0.25, 0.3) is 0 Å². The number of nitrogens with two attached hydrogens (primary N) is 1. The van der Waals surface area contributed by atoms with Crippen LogP contribution in [0.3, 0.4) is 0 Å². The van der Waals surface area contributed by atoms with Gasteiger partial charge >= 0.3 is 0 Å². The van der Waals surface area contributed by atoms with Crippen molar-refractivity contribution in [1.29, 1.82) is 0 Å². The molecular weight excluding hydrogens is 349 g/mol. The van der Waals surface area contributed by atoms with E-state index in [1.807, 2.05) is 17.9 Å². The van der Waals surface area contributed by atoms with Gasteiger partial charge in [-0.3, -0.25) is 4.79 Å². The Kier molecular flexibility index (Phi) is 7.70. The molecule has 1 aromatic heterocycles. The molecule has 0 aromatic carbocycles. The largest absolute Gasteiger partial charge is 0.339 e. The SMILES string of the molecule is CC1(N)CCCCC1C(=O)N1CCN(c2ncccn2)CC1.Cl.Cl. The Morgan fingerprint density at radius 3 is 2.38 bits per heavy atom. The Bertz CT molecular complexity index is 520. The molecule has 1 aliphatic carbocycles. The summed E-state index contributed by atoms with van der Waals surface area (Å²) in [6.45, 7) is 5.05. The topological polar surface area (TPSA) is 75.4 Å². The van der Waals surface area contributed by atoms with Crippen molar-refractivity contribution in [3.8, 4) is 0 Å². The lowest BCUT2D eigenvalue weighted by Crippen LogP contribution is -2.57. The van der Waals surface area contributed by atoms with Gasteiger partial charge in [-0.25, -0.2) is 9.97 Å². The van der Waals surface area contributed by atoms with Crippen LogP contribution in [0.4, 0.5) is 5.95 Å². The van der Waals surface area contributed by atoms with Gasteiger partial charge in [-0.2, -0.15) is 0 Å². The molecule has 24 heavy (non-hydrogen) atoms. The normalized spacial score (nSPS) is 27.0. The monoisotopic (exact) mass is 375 g/mol. The number of carbonyl (C=O) groups excluding carboxylic acids is 1. The van der Waals surface area contributed by atoms with Crippen LogP contribution in [-0.2, 0) is 4.79 Å². The highest BCUT2D eigenvalue weighted by molar-refractivity contribution is 5.85. The average molecular weight is 376 g/mol. The van der Waals surface area contributed by atoms with E-state index in [0.29, 0.717) is 0 Å². The third-order valence-corrected chi connectivity index (χ3v) is 4.98. The minimum absolute atomic E-state index is 0. The van der Waals surface area contributed by atoms with E-state index in [2.05, 4.69) is 14.9 Å². The number of anilines is 1. The second-order valence-electron chi connectivity index (χ2n) is 6.67. The van der Waals surface area contributed by atoms with Crippen LogP contribution in [-0.4, -0.2) is 52.5 Å². The first-order valence-electron chi connectivity index (χ1n) is 8.17. The number of rotatable bonds is 2. The third kappa shape index (κ3) is 4.49. The molecule has 3 rings (SSSR count). The lowest BCUT2D eigenvalue weighted by Gasteiger charge is -2.42. The molecule has 1 saturated heterocycles. The minimum atomic E-state index is -0.352. The van der Waals surface area contributed by atoms with Gasteiger partial charge in [0.15, 0.2) is 0 Å². The zero-order chi connectivity index (χ0) is 15.6. The van der Waals surface area contributed by atoms with Crippen molar-refractivity contribution in [2.45, 2.75) is 38.1 Å². The average Bonchev–Trinajstić information content (AvgIpc) is 2.55. The van der Waals surface area contributed by atoms with Crippen LogP contribution < -0.4 is 10.6 Å². The second-order valence-corrected chi connectivity index (χ2v) is 6.67. The smallest absolute Gasteiger partial charge is 0.227 e. The number of carbonyl (C=O) groups is 1. The van der Waals surface area contributed by atoms with E-state index in [0.717, 1.165) is 57.8 Å². The van der Waals surface area contributed by atoms with E-state index in [1.54, 1.807) is 12.4 Å². The molecule has 1 aromatic rings. The summed E-state index contributed by atoms with van der Waals surface area (Å²) < 4.78 is 0. The molecule has 6 nitrogen and oxygen atoms in total. The van der Waals surface area contributed by atoms with Crippen LogP contribution in [0.15, 0.2) is 18.5 Å². The van der Waals surface area contributed by atoms with E-state index in [-0.39, 0.29) is 42.2 Å². The molecule has 2 aliphatic rings. The predicted octanol–water partition coefficient (Wildman–Crippen LogP) is 1.88. The predicted molar refractivity (Wildman–Crippen MR) is 99.9 cm³/mol. The third-order valence-electron chi connectivity index (χ3n) is 4.98. The Balaban J connectivity index is 0.00000144. The fraction of sp³-hybridized carbons (Fsp3) is 0.688. The summed E-state index contributed by atoms with van der Waals surface area (Å²) in [5, 5.41) is 0. The van der Waals surface area contributed by atoms with Crippen LogP contribution in [0.5, 0.6) is 0 Å². The standard InChI is InChI=1S/C16H25N5O.2ClH/c1-16(17)6-3-2-5-13(16)14(22)20-9-11-21(12-10-20)15-18-7-4-8-19-15;;/h4,7-8,13H,2-3,5-6,9-12,17H2,1H3;2*1H. The van der Waals surface area contributed by atoms with Crippen molar-refractivity contribution >= 4 is 36.7 Å². The van der Waals surface area contributed by atoms with Crippen LogP contribution >= 0.6 is 24.8 Å². The number of piperazine rings is 1. The molecule has 2 fully saturated rings. The molecule has 0 radical (unpaired) electrons. The number of nitrogens with zero attached hydrogens (tertiary/aromatic N) is 4. The molecule has 2 unspecified atom stereocenters. The molecule has 1 saturated carbocycles. The fourth-order valence-corrected chi connectivity index (χ4v) is 3.57. The van der Waals surface area contributed by atoms with E-state index in [9.17, 15) is 4.79 Å². The van der Waals surface area contributed by atoms with Gasteiger partial charge in [-0.15, -0.1) is 24.8 Å². The molecule has 8 heteroatoms. The summed E-state index contributed by atoms with van der Waals surface area (Å²) in [5.41, 5.74) is 6.02. The van der Waals surface area contributed by atoms with Crippen LogP contribution in [0.1, 0.15) is 32.6 Å².